The number of benzene rings is 2. The number of nitrogens with one attached hydrogen (secondary N) is 1. The first kappa shape index (κ1) is 21.0. The van der Waals surface area contributed by atoms with Crippen molar-refractivity contribution >= 4 is 36.2 Å². The minimum absolute atomic E-state index is 0.0484. The Morgan fingerprint density at radius 2 is 1.75 bits per heavy atom. The number of hydrogen-bond acceptors (Lipinski definition) is 4. The number of carbonyl (C=O) groups is 2. The van der Waals surface area contributed by atoms with E-state index < -0.39 is 17.5 Å². The molecular formula is C23H15ClN2O6. The Balaban J connectivity index is 1.79. The molecule has 160 valence electrons. The van der Waals surface area contributed by atoms with Gasteiger partial charge in [0.15, 0.2) is 0 Å². The zero-order chi connectivity index (χ0) is 23.0. The van der Waals surface area contributed by atoms with Crippen LogP contribution in [0.15, 0.2) is 63.8 Å². The van der Waals surface area contributed by atoms with Gasteiger partial charge in [0.1, 0.15) is 11.5 Å². The van der Waals surface area contributed by atoms with Crippen molar-refractivity contribution in [2.24, 2.45) is 0 Å². The lowest BCUT2D eigenvalue weighted by atomic mass is 10.1. The summed E-state index contributed by atoms with van der Waals surface area (Å²) < 4.78 is 6.91. The monoisotopic (exact) mass is 450 g/mol. The maximum atomic E-state index is 12.9. The zero-order valence-electron chi connectivity index (χ0n) is 16.3. The highest BCUT2D eigenvalue weighted by atomic mass is 35.5. The number of H-pyrrole nitrogens is 1. The van der Waals surface area contributed by atoms with E-state index in [9.17, 15) is 24.6 Å². The molecule has 0 aliphatic carbocycles. The number of carboxylic acid groups (broad SMARTS) is 2. The Morgan fingerprint density at radius 1 is 1.03 bits per heavy atom. The molecule has 8 nitrogen and oxygen atoms in total. The molecular weight excluding hydrogens is 436 g/mol. The van der Waals surface area contributed by atoms with Crippen molar-refractivity contribution in [3.05, 3.63) is 97.4 Å². The maximum absolute atomic E-state index is 12.9. The molecule has 0 radical (unpaired) electrons. The first-order chi connectivity index (χ1) is 15.3. The van der Waals surface area contributed by atoms with Crippen LogP contribution in [-0.4, -0.2) is 31.9 Å². The number of carboxylic acids is 2. The first-order valence-corrected chi connectivity index (χ1v) is 9.61. The molecule has 2 heterocycles. The summed E-state index contributed by atoms with van der Waals surface area (Å²) >= 11 is 5.90. The molecule has 0 unspecified atom stereocenters. The van der Waals surface area contributed by atoms with Crippen LogP contribution in [0.3, 0.4) is 0 Å². The fraction of sp³-hybridized carbons (Fsp3) is 0. The fourth-order valence-electron chi connectivity index (χ4n) is 3.24. The summed E-state index contributed by atoms with van der Waals surface area (Å²) in [4.78, 5) is 35.7. The van der Waals surface area contributed by atoms with Crippen LogP contribution in [0.5, 0.6) is 0 Å². The highest BCUT2D eigenvalue weighted by Crippen LogP contribution is 2.26. The number of aromatic amines is 1. The van der Waals surface area contributed by atoms with Gasteiger partial charge < -0.3 is 14.6 Å². The Bertz CT molecular complexity index is 1540. The standard InChI is InChI=1S/C23H15ClN2O6/c1-12-17(21(27)26(25-12)13-6-8-19(24)18(10-13)23(30)31)11-14-7-9-20(32-14)15-4-2-3-5-16(15)22(28)29/h2-11,25H,1H2,(H,28,29)(H,30,31). The van der Waals surface area contributed by atoms with Gasteiger partial charge in [0, 0.05) is 5.56 Å². The lowest BCUT2D eigenvalue weighted by Crippen LogP contribution is -2.33. The minimum Gasteiger partial charge on any atom is -0.478 e. The van der Waals surface area contributed by atoms with E-state index in [-0.39, 0.29) is 32.4 Å². The quantitative estimate of drug-likeness (QED) is 0.429. The van der Waals surface area contributed by atoms with Crippen LogP contribution >= 0.6 is 11.6 Å². The van der Waals surface area contributed by atoms with Crippen molar-refractivity contribution in [2.75, 3.05) is 0 Å². The van der Waals surface area contributed by atoms with Gasteiger partial charge in [0.2, 0.25) is 0 Å². The summed E-state index contributed by atoms with van der Waals surface area (Å²) in [5, 5.41) is 22.0. The molecule has 0 amide bonds. The van der Waals surface area contributed by atoms with E-state index in [1.54, 1.807) is 30.3 Å². The number of rotatable bonds is 5. The van der Waals surface area contributed by atoms with Gasteiger partial charge in [0.05, 0.1) is 32.4 Å². The number of furan rings is 1. The average Bonchev–Trinajstić information content (AvgIpc) is 3.34. The molecule has 4 aromatic rings. The third-order valence-electron chi connectivity index (χ3n) is 4.78. The summed E-state index contributed by atoms with van der Waals surface area (Å²) in [6, 6.07) is 13.8. The van der Waals surface area contributed by atoms with Crippen LogP contribution in [0.4, 0.5) is 0 Å². The molecule has 3 N–H and O–H groups in total. The predicted molar refractivity (Wildman–Crippen MR) is 118 cm³/mol. The number of aromatic carboxylic acids is 2. The second-order valence-corrected chi connectivity index (χ2v) is 7.22. The number of nitrogens with zero attached hydrogens (tertiary/aromatic N) is 1. The van der Waals surface area contributed by atoms with Gasteiger partial charge in [-0.2, -0.15) is 0 Å². The van der Waals surface area contributed by atoms with Crippen LogP contribution in [-0.2, 0) is 0 Å². The molecule has 0 aliphatic rings. The van der Waals surface area contributed by atoms with Crippen molar-refractivity contribution in [1.29, 1.82) is 0 Å². The molecule has 4 rings (SSSR count). The van der Waals surface area contributed by atoms with Gasteiger partial charge in [0.25, 0.3) is 5.56 Å². The Labute approximate surface area is 184 Å². The van der Waals surface area contributed by atoms with E-state index in [4.69, 9.17) is 16.0 Å². The van der Waals surface area contributed by atoms with Crippen LogP contribution in [0.2, 0.25) is 5.02 Å². The highest BCUT2D eigenvalue weighted by Gasteiger charge is 2.15. The Kier molecular flexibility index (Phi) is 5.29. The van der Waals surface area contributed by atoms with E-state index in [1.807, 2.05) is 0 Å². The topological polar surface area (TPSA) is 126 Å². The molecule has 0 aliphatic heterocycles. The zero-order valence-corrected chi connectivity index (χ0v) is 17.1. The molecule has 0 spiro atoms. The van der Waals surface area contributed by atoms with Crippen molar-refractivity contribution in [3.8, 4) is 17.0 Å². The predicted octanol–water partition coefficient (Wildman–Crippen LogP) is 2.71. The van der Waals surface area contributed by atoms with Gasteiger partial charge >= 0.3 is 11.9 Å². The minimum atomic E-state index is -1.22. The van der Waals surface area contributed by atoms with Gasteiger partial charge in [-0.25, -0.2) is 14.3 Å². The highest BCUT2D eigenvalue weighted by molar-refractivity contribution is 6.33. The summed E-state index contributed by atoms with van der Waals surface area (Å²) in [7, 11) is 0. The summed E-state index contributed by atoms with van der Waals surface area (Å²) in [6.07, 6.45) is 1.47. The van der Waals surface area contributed by atoms with E-state index in [0.717, 1.165) is 4.68 Å². The third-order valence-corrected chi connectivity index (χ3v) is 5.11. The van der Waals surface area contributed by atoms with Crippen molar-refractivity contribution in [1.82, 2.24) is 9.78 Å². The van der Waals surface area contributed by atoms with Crippen LogP contribution in [0.1, 0.15) is 26.5 Å². The number of halogens is 1. The molecule has 0 atom stereocenters. The van der Waals surface area contributed by atoms with E-state index in [1.165, 1.54) is 30.3 Å². The smallest absolute Gasteiger partial charge is 0.337 e. The van der Waals surface area contributed by atoms with Crippen LogP contribution in [0, 0.1) is 0 Å². The van der Waals surface area contributed by atoms with Crippen molar-refractivity contribution in [2.45, 2.75) is 0 Å². The lowest BCUT2D eigenvalue weighted by Gasteiger charge is -2.04. The average molecular weight is 451 g/mol. The fourth-order valence-corrected chi connectivity index (χ4v) is 3.44. The van der Waals surface area contributed by atoms with Gasteiger partial charge in [-0.3, -0.25) is 9.89 Å². The van der Waals surface area contributed by atoms with Gasteiger partial charge in [-0.15, -0.1) is 0 Å². The molecule has 0 bridgehead atoms. The largest absolute Gasteiger partial charge is 0.478 e. The second-order valence-electron chi connectivity index (χ2n) is 6.81. The first-order valence-electron chi connectivity index (χ1n) is 9.23. The normalized spacial score (nSPS) is 11.6. The lowest BCUT2D eigenvalue weighted by molar-refractivity contribution is 0.0686. The SMILES string of the molecule is C=c1[nH]n(-c2ccc(Cl)c(C(=O)O)c2)c(=O)c1=Cc1ccc(-c2ccccc2C(=O)O)o1. The van der Waals surface area contributed by atoms with Crippen LogP contribution < -0.4 is 16.1 Å². The summed E-state index contributed by atoms with van der Waals surface area (Å²) in [6.45, 7) is 3.83. The van der Waals surface area contributed by atoms with E-state index in [2.05, 4.69) is 11.7 Å². The number of hydrogen-bond donors (Lipinski definition) is 3. The second kappa shape index (κ2) is 8.09. The molecule has 0 fully saturated rings. The van der Waals surface area contributed by atoms with E-state index >= 15 is 0 Å². The van der Waals surface area contributed by atoms with Crippen LogP contribution in [0.25, 0.3) is 29.7 Å². The van der Waals surface area contributed by atoms with Gasteiger partial charge in [-0.1, -0.05) is 36.4 Å². The molecule has 2 aromatic carbocycles. The Morgan fingerprint density at radius 3 is 2.47 bits per heavy atom. The van der Waals surface area contributed by atoms with Crippen molar-refractivity contribution in [3.63, 3.8) is 0 Å². The van der Waals surface area contributed by atoms with Gasteiger partial charge in [-0.05, 0) is 42.5 Å². The summed E-state index contributed by atoms with van der Waals surface area (Å²) in [5.41, 5.74) is 0.152. The third kappa shape index (κ3) is 3.75. The van der Waals surface area contributed by atoms with E-state index in [0.29, 0.717) is 17.1 Å². The maximum Gasteiger partial charge on any atom is 0.337 e. The molecule has 9 heteroatoms. The molecule has 0 saturated carbocycles. The molecule has 2 aromatic heterocycles. The Hall–Kier alpha value is -4.30. The summed E-state index contributed by atoms with van der Waals surface area (Å²) in [5.74, 6) is -1.65. The number of aromatic nitrogens is 2. The molecule has 0 saturated heterocycles. The molecule has 32 heavy (non-hydrogen) atoms. The van der Waals surface area contributed by atoms with Crippen molar-refractivity contribution < 1.29 is 24.2 Å².